The van der Waals surface area contributed by atoms with Crippen LogP contribution >= 0.6 is 0 Å². The summed E-state index contributed by atoms with van der Waals surface area (Å²) in [5.74, 6) is 1.74. The molecule has 3 unspecified atom stereocenters. The van der Waals surface area contributed by atoms with Crippen LogP contribution in [0.4, 0.5) is 16.3 Å². The molecule has 1 aromatic heterocycles. The van der Waals surface area contributed by atoms with E-state index < -0.39 is 12.3 Å². The van der Waals surface area contributed by atoms with E-state index >= 15 is 0 Å². The molecule has 33 heavy (non-hydrogen) atoms. The average Bonchev–Trinajstić information content (AvgIpc) is 3.40. The van der Waals surface area contributed by atoms with Crippen LogP contribution in [0.1, 0.15) is 58.4 Å². The normalized spacial score (nSPS) is 24.1. The van der Waals surface area contributed by atoms with Gasteiger partial charge in [0.15, 0.2) is 17.8 Å². The summed E-state index contributed by atoms with van der Waals surface area (Å²) in [7, 11) is 0. The van der Waals surface area contributed by atoms with Crippen LogP contribution in [0.5, 0.6) is 11.5 Å². The molecule has 3 aliphatic rings. The van der Waals surface area contributed by atoms with Crippen LogP contribution in [-0.2, 0) is 10.2 Å². The summed E-state index contributed by atoms with van der Waals surface area (Å²) in [6.45, 7) is 6.34. The Hall–Kier alpha value is -3.27. The van der Waals surface area contributed by atoms with Crippen molar-refractivity contribution in [2.75, 3.05) is 17.4 Å². The number of nitrogens with one attached hydrogen (secondary N) is 4. The Morgan fingerprint density at radius 1 is 1.12 bits per heavy atom. The van der Waals surface area contributed by atoms with Gasteiger partial charge in [-0.15, -0.1) is 0 Å². The minimum Gasteiger partial charge on any atom is -0.454 e. The number of benzene rings is 1. The van der Waals surface area contributed by atoms with E-state index in [-0.39, 0.29) is 30.1 Å². The number of carbonyl (C=O) groups excluding carboxylic acids is 2. The Kier molecular flexibility index (Phi) is 5.40. The predicted molar refractivity (Wildman–Crippen MR) is 122 cm³/mol. The predicted octanol–water partition coefficient (Wildman–Crippen LogP) is 3.29. The van der Waals surface area contributed by atoms with Crippen LogP contribution in [0.15, 0.2) is 24.3 Å². The van der Waals surface area contributed by atoms with Crippen molar-refractivity contribution < 1.29 is 19.1 Å². The van der Waals surface area contributed by atoms with Crippen LogP contribution in [0.3, 0.4) is 0 Å². The molecule has 3 heterocycles. The third kappa shape index (κ3) is 4.35. The lowest BCUT2D eigenvalue weighted by molar-refractivity contribution is -0.132. The summed E-state index contributed by atoms with van der Waals surface area (Å²) in [5, 5.41) is 17.0. The molecule has 10 nitrogen and oxygen atoms in total. The highest BCUT2D eigenvalue weighted by Crippen LogP contribution is 2.34. The van der Waals surface area contributed by atoms with Gasteiger partial charge < -0.3 is 20.1 Å². The molecule has 2 aromatic rings. The quantitative estimate of drug-likeness (QED) is 0.565. The first-order chi connectivity index (χ1) is 15.8. The number of nitrogens with zero attached hydrogens (tertiary/aromatic N) is 2. The van der Waals surface area contributed by atoms with Gasteiger partial charge in [0.2, 0.25) is 12.7 Å². The van der Waals surface area contributed by atoms with E-state index in [1.165, 1.54) is 0 Å². The van der Waals surface area contributed by atoms with Gasteiger partial charge in [0.05, 0.1) is 11.6 Å². The van der Waals surface area contributed by atoms with Crippen molar-refractivity contribution in [3.8, 4) is 11.5 Å². The first-order valence-electron chi connectivity index (χ1n) is 11.4. The summed E-state index contributed by atoms with van der Waals surface area (Å²) in [6, 6.07) is 6.74. The molecule has 1 saturated heterocycles. The monoisotopic (exact) mass is 454 g/mol. The number of ether oxygens (including phenoxy) is 2. The Labute approximate surface area is 192 Å². The smallest absolute Gasteiger partial charge is 0.324 e. The van der Waals surface area contributed by atoms with Gasteiger partial charge in [0.25, 0.3) is 0 Å². The number of aromatic nitrogens is 2. The third-order valence-corrected chi connectivity index (χ3v) is 6.37. The maximum Gasteiger partial charge on any atom is 0.324 e. The van der Waals surface area contributed by atoms with Crippen molar-refractivity contribution in [1.29, 1.82) is 0 Å². The second-order valence-corrected chi connectivity index (χ2v) is 9.83. The minimum absolute atomic E-state index is 0.0154. The highest BCUT2D eigenvalue weighted by atomic mass is 16.7. The van der Waals surface area contributed by atoms with Crippen molar-refractivity contribution >= 4 is 23.4 Å². The number of urea groups is 1. The summed E-state index contributed by atoms with van der Waals surface area (Å²) < 4.78 is 12.3. The fourth-order valence-corrected chi connectivity index (χ4v) is 4.57. The van der Waals surface area contributed by atoms with Gasteiger partial charge in [0.1, 0.15) is 5.82 Å². The molecule has 1 aromatic carbocycles. The first kappa shape index (κ1) is 21.6. The molecule has 10 heteroatoms. The standard InChI is InChI=1S/C23H30N6O4/c1-23(2,3)18-11-19(26-22(31)24-13-8-9-16-17(10-13)33-12-32-16)29(28-18)21-25-15-7-5-4-6-14(15)20(30)27-21/h8-11,14-15,21,25H,4-7,12H2,1-3H3,(H,27,30)(H2,24,26,31). The molecular weight excluding hydrogens is 424 g/mol. The second-order valence-electron chi connectivity index (χ2n) is 9.83. The van der Waals surface area contributed by atoms with Crippen LogP contribution in [0.25, 0.3) is 0 Å². The number of fused-ring (bicyclic) bond motifs is 2. The molecule has 0 spiro atoms. The SMILES string of the molecule is CC(C)(C)c1cc(NC(=O)Nc2ccc3c(c2)OCO3)n(C2NC(=O)C3CCCCC3N2)n1. The van der Waals surface area contributed by atoms with Crippen LogP contribution in [-0.4, -0.2) is 34.6 Å². The van der Waals surface area contributed by atoms with E-state index in [1.807, 2.05) is 6.07 Å². The molecule has 1 aliphatic carbocycles. The van der Waals surface area contributed by atoms with Gasteiger partial charge in [-0.3, -0.25) is 15.4 Å². The Morgan fingerprint density at radius 2 is 1.91 bits per heavy atom. The third-order valence-electron chi connectivity index (χ3n) is 6.37. The summed E-state index contributed by atoms with van der Waals surface area (Å²) in [6.07, 6.45) is 3.49. The van der Waals surface area contributed by atoms with Gasteiger partial charge in [-0.25, -0.2) is 9.48 Å². The zero-order chi connectivity index (χ0) is 23.2. The van der Waals surface area contributed by atoms with Gasteiger partial charge in [-0.1, -0.05) is 33.6 Å². The lowest BCUT2D eigenvalue weighted by atomic mass is 9.83. The molecular formula is C23H30N6O4. The molecule has 0 radical (unpaired) electrons. The number of rotatable bonds is 3. The minimum atomic E-state index is -0.534. The van der Waals surface area contributed by atoms with E-state index in [4.69, 9.17) is 14.6 Å². The number of amides is 3. The molecule has 176 valence electrons. The maximum absolute atomic E-state index is 12.8. The van der Waals surface area contributed by atoms with Crippen molar-refractivity contribution in [3.63, 3.8) is 0 Å². The number of hydrogen-bond donors (Lipinski definition) is 4. The topological polar surface area (TPSA) is 119 Å². The van der Waals surface area contributed by atoms with Crippen LogP contribution < -0.4 is 30.7 Å². The van der Waals surface area contributed by atoms with Gasteiger partial charge >= 0.3 is 6.03 Å². The highest BCUT2D eigenvalue weighted by molar-refractivity contribution is 5.99. The molecule has 3 atom stereocenters. The van der Waals surface area contributed by atoms with Crippen molar-refractivity contribution in [1.82, 2.24) is 20.4 Å². The number of carbonyl (C=O) groups is 2. The number of hydrogen-bond acceptors (Lipinski definition) is 6. The fourth-order valence-electron chi connectivity index (χ4n) is 4.57. The molecule has 0 bridgehead atoms. The second kappa shape index (κ2) is 8.26. The number of anilines is 2. The van der Waals surface area contributed by atoms with Gasteiger partial charge in [-0.2, -0.15) is 5.10 Å². The lowest BCUT2D eigenvalue weighted by Crippen LogP contribution is -2.59. The van der Waals surface area contributed by atoms with Crippen molar-refractivity contribution in [2.45, 2.75) is 64.2 Å². The van der Waals surface area contributed by atoms with Crippen LogP contribution in [0.2, 0.25) is 0 Å². The zero-order valence-corrected chi connectivity index (χ0v) is 19.1. The lowest BCUT2D eigenvalue weighted by Gasteiger charge is -2.40. The summed E-state index contributed by atoms with van der Waals surface area (Å²) in [4.78, 5) is 25.6. The van der Waals surface area contributed by atoms with Gasteiger partial charge in [0, 0.05) is 29.3 Å². The highest BCUT2D eigenvalue weighted by Gasteiger charge is 2.39. The van der Waals surface area contributed by atoms with Crippen LogP contribution in [0, 0.1) is 5.92 Å². The Balaban J connectivity index is 1.37. The first-order valence-corrected chi connectivity index (χ1v) is 11.4. The van der Waals surface area contributed by atoms with E-state index in [1.54, 1.807) is 22.9 Å². The molecule has 5 rings (SSSR count). The molecule has 3 amide bonds. The summed E-state index contributed by atoms with van der Waals surface area (Å²) in [5.41, 5.74) is 1.15. The maximum atomic E-state index is 12.8. The molecule has 4 N–H and O–H groups in total. The van der Waals surface area contributed by atoms with Crippen molar-refractivity contribution in [3.05, 3.63) is 30.0 Å². The van der Waals surface area contributed by atoms with E-state index in [0.717, 1.165) is 31.4 Å². The van der Waals surface area contributed by atoms with E-state index in [2.05, 4.69) is 42.0 Å². The fraction of sp³-hybridized carbons (Fsp3) is 0.522. The summed E-state index contributed by atoms with van der Waals surface area (Å²) >= 11 is 0. The van der Waals surface area contributed by atoms with E-state index in [0.29, 0.717) is 23.0 Å². The largest absolute Gasteiger partial charge is 0.454 e. The Morgan fingerprint density at radius 3 is 2.73 bits per heavy atom. The van der Waals surface area contributed by atoms with E-state index in [9.17, 15) is 9.59 Å². The molecule has 2 aliphatic heterocycles. The van der Waals surface area contributed by atoms with Gasteiger partial charge in [-0.05, 0) is 25.0 Å². The molecule has 1 saturated carbocycles. The molecule has 2 fully saturated rings. The Bertz CT molecular complexity index is 1080. The van der Waals surface area contributed by atoms with Crippen molar-refractivity contribution in [2.24, 2.45) is 5.92 Å². The zero-order valence-electron chi connectivity index (χ0n) is 19.1. The average molecular weight is 455 g/mol.